The van der Waals surface area contributed by atoms with Gasteiger partial charge in [0.05, 0.1) is 24.4 Å². The summed E-state index contributed by atoms with van der Waals surface area (Å²) >= 11 is 0. The summed E-state index contributed by atoms with van der Waals surface area (Å²) in [6.07, 6.45) is 0. The average molecular weight is 361 g/mol. The fourth-order valence-corrected chi connectivity index (χ4v) is 4.69. The molecule has 1 unspecified atom stereocenters. The van der Waals surface area contributed by atoms with Gasteiger partial charge >= 0.3 is 5.97 Å². The predicted molar refractivity (Wildman–Crippen MR) is 106 cm³/mol. The van der Waals surface area contributed by atoms with E-state index in [2.05, 4.69) is 51.7 Å². The van der Waals surface area contributed by atoms with Crippen molar-refractivity contribution in [3.63, 3.8) is 0 Å². The number of methoxy groups -OCH3 is 1. The van der Waals surface area contributed by atoms with Gasteiger partial charge in [-0.3, -0.25) is 0 Å². The first kappa shape index (κ1) is 16.4. The van der Waals surface area contributed by atoms with Crippen molar-refractivity contribution in [2.45, 2.75) is 12.6 Å². The van der Waals surface area contributed by atoms with Gasteiger partial charge in [0.2, 0.25) is 0 Å². The second kappa shape index (κ2) is 6.13. The van der Waals surface area contributed by atoms with Gasteiger partial charge in [0.25, 0.3) is 0 Å². The minimum Gasteiger partial charge on any atom is -0.465 e. The van der Waals surface area contributed by atoms with E-state index in [1.807, 2.05) is 18.2 Å². The van der Waals surface area contributed by atoms with E-state index < -0.39 is 0 Å². The predicted octanol–water partition coefficient (Wildman–Crippen LogP) is 3.28. The summed E-state index contributed by atoms with van der Waals surface area (Å²) in [7, 11) is 3.62. The highest BCUT2D eigenvalue weighted by molar-refractivity contribution is 6.06. The van der Waals surface area contributed by atoms with Crippen LogP contribution in [0.15, 0.2) is 48.5 Å². The van der Waals surface area contributed by atoms with Crippen molar-refractivity contribution >= 4 is 22.6 Å². The van der Waals surface area contributed by atoms with Gasteiger partial charge in [-0.2, -0.15) is 0 Å². The third-order valence-corrected chi connectivity index (χ3v) is 5.93. The molecule has 0 saturated carbocycles. The molecule has 2 aliphatic rings. The van der Waals surface area contributed by atoms with Gasteiger partial charge in [-0.25, -0.2) is 4.79 Å². The molecule has 0 spiro atoms. The first-order valence-corrected chi connectivity index (χ1v) is 9.41. The van der Waals surface area contributed by atoms with E-state index in [1.54, 1.807) is 0 Å². The summed E-state index contributed by atoms with van der Waals surface area (Å²) < 4.78 is 7.53. The molecule has 1 aromatic heterocycles. The number of esters is 1. The summed E-state index contributed by atoms with van der Waals surface area (Å²) in [6, 6.07) is 16.9. The topological polar surface area (TPSA) is 37.7 Å². The number of nitrogens with zero attached hydrogens (tertiary/aromatic N) is 3. The van der Waals surface area contributed by atoms with Gasteiger partial charge in [-0.1, -0.05) is 36.4 Å². The van der Waals surface area contributed by atoms with Crippen molar-refractivity contribution in [3.8, 4) is 0 Å². The van der Waals surface area contributed by atoms with E-state index in [1.165, 1.54) is 18.4 Å². The molecular formula is C22H23N3O2. The number of piperazine rings is 1. The molecule has 2 aromatic carbocycles. The zero-order chi connectivity index (χ0) is 18.5. The molecule has 0 aliphatic carbocycles. The smallest absolute Gasteiger partial charge is 0.340 e. The fraction of sp³-hybridized carbons (Fsp3) is 0.318. The van der Waals surface area contributed by atoms with Crippen LogP contribution >= 0.6 is 0 Å². The van der Waals surface area contributed by atoms with Gasteiger partial charge in [-0.05, 0) is 24.7 Å². The van der Waals surface area contributed by atoms with Crippen molar-refractivity contribution in [2.75, 3.05) is 38.7 Å². The van der Waals surface area contributed by atoms with Gasteiger partial charge in [-0.15, -0.1) is 0 Å². The molecule has 1 saturated heterocycles. The summed E-state index contributed by atoms with van der Waals surface area (Å²) in [5.41, 5.74) is 5.46. The van der Waals surface area contributed by atoms with Crippen LogP contribution in [-0.2, 0) is 11.3 Å². The Bertz CT molecular complexity index is 1040. The number of likely N-dealkylation sites (N-methyl/N-ethyl adjacent to an activating group) is 1. The number of rotatable bonds is 1. The maximum absolute atomic E-state index is 12.8. The largest absolute Gasteiger partial charge is 0.465 e. The fourth-order valence-electron chi connectivity index (χ4n) is 4.69. The molecule has 2 aliphatic heterocycles. The Kier molecular flexibility index (Phi) is 3.72. The van der Waals surface area contributed by atoms with Crippen LogP contribution in [-0.4, -0.2) is 49.2 Å². The van der Waals surface area contributed by atoms with Crippen LogP contribution < -0.4 is 4.90 Å². The Labute approximate surface area is 158 Å². The Balaban J connectivity index is 1.85. The highest BCUT2D eigenvalue weighted by atomic mass is 16.5. The standard InChI is InChI=1S/C22H23N3O2/c1-23-11-12-24-17-9-5-3-7-15(17)13-25-18-10-6-4-8-16(18)20(22(26)27-2)21(25)19(24)14-23/h3-10,19H,11-14H2,1-2H3. The first-order chi connectivity index (χ1) is 13.2. The summed E-state index contributed by atoms with van der Waals surface area (Å²) in [4.78, 5) is 17.7. The highest BCUT2D eigenvalue weighted by Crippen LogP contribution is 2.41. The molecule has 0 radical (unpaired) electrons. The SMILES string of the molecule is COC(=O)c1c2n(c3ccccc13)Cc1ccccc1N1CCN(C)CC21. The number of ether oxygens (including phenoxy) is 1. The zero-order valence-corrected chi connectivity index (χ0v) is 15.7. The van der Waals surface area contributed by atoms with Crippen molar-refractivity contribution in [1.29, 1.82) is 0 Å². The molecule has 5 heteroatoms. The minimum atomic E-state index is -0.251. The first-order valence-electron chi connectivity index (χ1n) is 9.41. The molecule has 5 rings (SSSR count). The van der Waals surface area contributed by atoms with E-state index in [0.717, 1.165) is 42.8 Å². The van der Waals surface area contributed by atoms with E-state index >= 15 is 0 Å². The van der Waals surface area contributed by atoms with Crippen LogP contribution in [0.5, 0.6) is 0 Å². The molecule has 0 bridgehead atoms. The minimum absolute atomic E-state index is 0.119. The number of hydrogen-bond donors (Lipinski definition) is 0. The lowest BCUT2D eigenvalue weighted by atomic mass is 10.0. The van der Waals surface area contributed by atoms with Crippen LogP contribution in [0, 0.1) is 0 Å². The van der Waals surface area contributed by atoms with Crippen LogP contribution in [0.3, 0.4) is 0 Å². The molecule has 1 atom stereocenters. The quantitative estimate of drug-likeness (QED) is 0.624. The molecular weight excluding hydrogens is 338 g/mol. The molecule has 3 aromatic rings. The maximum Gasteiger partial charge on any atom is 0.340 e. The lowest BCUT2D eigenvalue weighted by Crippen LogP contribution is -2.47. The normalized spacial score (nSPS) is 19.2. The lowest BCUT2D eigenvalue weighted by molar-refractivity contribution is 0.0600. The van der Waals surface area contributed by atoms with E-state index in [-0.39, 0.29) is 12.0 Å². The Morgan fingerprint density at radius 2 is 1.85 bits per heavy atom. The second-order valence-corrected chi connectivity index (χ2v) is 7.46. The number of para-hydroxylation sites is 2. The van der Waals surface area contributed by atoms with Crippen LogP contribution in [0.4, 0.5) is 5.69 Å². The molecule has 138 valence electrons. The second-order valence-electron chi connectivity index (χ2n) is 7.46. The van der Waals surface area contributed by atoms with E-state index in [4.69, 9.17) is 4.74 Å². The summed E-state index contributed by atoms with van der Waals surface area (Å²) in [5.74, 6) is -0.251. The van der Waals surface area contributed by atoms with Crippen molar-refractivity contribution in [3.05, 3.63) is 65.4 Å². The van der Waals surface area contributed by atoms with Gasteiger partial charge < -0.3 is 19.1 Å². The lowest BCUT2D eigenvalue weighted by Gasteiger charge is -2.41. The molecule has 5 nitrogen and oxygen atoms in total. The zero-order valence-electron chi connectivity index (χ0n) is 15.7. The highest BCUT2D eigenvalue weighted by Gasteiger charge is 2.37. The van der Waals surface area contributed by atoms with E-state index in [0.29, 0.717) is 5.56 Å². The van der Waals surface area contributed by atoms with Crippen molar-refractivity contribution in [1.82, 2.24) is 9.47 Å². The molecule has 3 heterocycles. The number of anilines is 1. The molecule has 0 N–H and O–H groups in total. The van der Waals surface area contributed by atoms with Crippen LogP contribution in [0.1, 0.15) is 27.7 Å². The number of aromatic nitrogens is 1. The maximum atomic E-state index is 12.8. The van der Waals surface area contributed by atoms with Gasteiger partial charge in [0.1, 0.15) is 0 Å². The number of benzene rings is 2. The van der Waals surface area contributed by atoms with Gasteiger partial charge in [0.15, 0.2) is 0 Å². The molecule has 0 amide bonds. The Hall–Kier alpha value is -2.79. The number of carbonyl (C=O) groups is 1. The molecule has 27 heavy (non-hydrogen) atoms. The third kappa shape index (κ3) is 2.38. The third-order valence-electron chi connectivity index (χ3n) is 5.93. The van der Waals surface area contributed by atoms with Crippen LogP contribution in [0.25, 0.3) is 10.9 Å². The Morgan fingerprint density at radius 3 is 2.70 bits per heavy atom. The number of fused-ring (bicyclic) bond motifs is 7. The van der Waals surface area contributed by atoms with Crippen LogP contribution in [0.2, 0.25) is 0 Å². The monoisotopic (exact) mass is 361 g/mol. The summed E-state index contributed by atoms with van der Waals surface area (Å²) in [6.45, 7) is 3.60. The Morgan fingerprint density at radius 1 is 1.07 bits per heavy atom. The molecule has 1 fully saturated rings. The van der Waals surface area contributed by atoms with Gasteiger partial charge in [0, 0.05) is 42.8 Å². The summed E-state index contributed by atoms with van der Waals surface area (Å²) in [5, 5.41) is 0.979. The number of carbonyl (C=O) groups excluding carboxylic acids is 1. The average Bonchev–Trinajstić information content (AvgIpc) is 2.94. The number of hydrogen-bond acceptors (Lipinski definition) is 4. The van der Waals surface area contributed by atoms with Crippen molar-refractivity contribution in [2.24, 2.45) is 0 Å². The van der Waals surface area contributed by atoms with Crippen molar-refractivity contribution < 1.29 is 9.53 Å². The van der Waals surface area contributed by atoms with E-state index in [9.17, 15) is 4.79 Å².